The van der Waals surface area contributed by atoms with Crippen molar-refractivity contribution in [2.75, 3.05) is 32.9 Å². The number of carboxylic acid groups (broad SMARTS) is 1. The van der Waals surface area contributed by atoms with Gasteiger partial charge in [0.15, 0.2) is 17.9 Å². The van der Waals surface area contributed by atoms with Crippen molar-refractivity contribution in [1.82, 2.24) is 24.8 Å². The van der Waals surface area contributed by atoms with Gasteiger partial charge in [-0.1, -0.05) is 83.9 Å². The number of aromatic nitrogens is 4. The molecule has 1 amide bonds. The van der Waals surface area contributed by atoms with Crippen LogP contribution in [0, 0.1) is 17.3 Å². The fourth-order valence-electron chi connectivity index (χ4n) is 10.9. The zero-order chi connectivity index (χ0) is 52.5. The summed E-state index contributed by atoms with van der Waals surface area (Å²) in [4.78, 5) is 53.2. The van der Waals surface area contributed by atoms with E-state index in [0.29, 0.717) is 90.9 Å². The lowest BCUT2D eigenvalue weighted by atomic mass is 9.84. The molecule has 17 heteroatoms. The number of hydrogen-bond acceptors (Lipinski definition) is 11. The van der Waals surface area contributed by atoms with Crippen LogP contribution in [0.15, 0.2) is 84.9 Å². The van der Waals surface area contributed by atoms with E-state index in [2.05, 4.69) is 40.3 Å². The van der Waals surface area contributed by atoms with Crippen LogP contribution in [0.1, 0.15) is 89.7 Å². The lowest BCUT2D eigenvalue weighted by molar-refractivity contribution is -0.144. The Hall–Kier alpha value is -6.07. The highest BCUT2D eigenvalue weighted by atomic mass is 35.5. The molecule has 11 rings (SSSR count). The van der Waals surface area contributed by atoms with Crippen LogP contribution < -0.4 is 9.47 Å². The summed E-state index contributed by atoms with van der Waals surface area (Å²) in [7, 11) is 0. The fourth-order valence-corrected chi connectivity index (χ4v) is 11.4. The zero-order valence-corrected chi connectivity index (χ0v) is 43.8. The Morgan fingerprint density at radius 1 is 0.733 bits per heavy atom. The van der Waals surface area contributed by atoms with Crippen LogP contribution in [0.4, 0.5) is 0 Å². The maximum Gasteiger partial charge on any atom is 0.306 e. The molecular formula is C58H63Cl2N5O10. The number of aromatic amines is 2. The number of allylic oxidation sites excluding steroid dienone is 4. The largest absolute Gasteiger partial charge is 0.481 e. The Balaban J connectivity index is 0.000000171. The maximum absolute atomic E-state index is 12.6. The lowest BCUT2D eigenvalue weighted by Gasteiger charge is -2.36. The molecule has 3 fully saturated rings. The number of nitrogens with one attached hydrogen (secondary N) is 2. The highest BCUT2D eigenvalue weighted by molar-refractivity contribution is 6.34. The molecule has 6 aromatic rings. The molecule has 2 unspecified atom stereocenters. The third-order valence-corrected chi connectivity index (χ3v) is 15.8. The van der Waals surface area contributed by atoms with Crippen LogP contribution >= 0.6 is 23.2 Å². The summed E-state index contributed by atoms with van der Waals surface area (Å²) in [6.45, 7) is 6.83. The van der Waals surface area contributed by atoms with Gasteiger partial charge in [-0.25, -0.2) is 9.97 Å². The fraction of sp³-hybridized carbons (Fsp3) is 0.431. The number of benzene rings is 2. The number of amides is 1. The van der Waals surface area contributed by atoms with Crippen molar-refractivity contribution >= 4 is 74.1 Å². The first-order valence-electron chi connectivity index (χ1n) is 25.9. The van der Waals surface area contributed by atoms with Gasteiger partial charge in [0, 0.05) is 55.6 Å². The number of H-pyrrole nitrogens is 2. The summed E-state index contributed by atoms with van der Waals surface area (Å²) in [5, 5.41) is 29.8. The van der Waals surface area contributed by atoms with E-state index < -0.39 is 17.5 Å². The molecule has 394 valence electrons. The number of halogens is 2. The van der Waals surface area contributed by atoms with Crippen LogP contribution in [-0.2, 0) is 23.9 Å². The van der Waals surface area contributed by atoms with Crippen LogP contribution in [0.5, 0.6) is 11.8 Å². The number of ether oxygens (including phenoxy) is 4. The van der Waals surface area contributed by atoms with Crippen molar-refractivity contribution in [3.8, 4) is 34.3 Å². The van der Waals surface area contributed by atoms with E-state index in [1.807, 2.05) is 54.6 Å². The number of Topliss-reactive ketones (excluding diaryl/α,β-unsaturated/α-hetero) is 1. The van der Waals surface area contributed by atoms with Gasteiger partial charge in [-0.05, 0) is 99.6 Å². The molecule has 0 radical (unpaired) electrons. The zero-order valence-electron chi connectivity index (χ0n) is 42.3. The topological polar surface area (TPSA) is 209 Å². The Labute approximate surface area is 445 Å². The highest BCUT2D eigenvalue weighted by Crippen LogP contribution is 2.38. The predicted molar refractivity (Wildman–Crippen MR) is 288 cm³/mol. The quantitative estimate of drug-likeness (QED) is 0.0732. The average Bonchev–Trinajstić information content (AvgIpc) is 4.21. The number of likely N-dealkylation sites (tertiary alicyclic amines) is 1. The molecular weight excluding hydrogens is 998 g/mol. The van der Waals surface area contributed by atoms with E-state index in [1.165, 1.54) is 16.7 Å². The molecule has 15 nitrogen and oxygen atoms in total. The molecule has 0 bridgehead atoms. The maximum atomic E-state index is 12.6. The molecule has 75 heavy (non-hydrogen) atoms. The number of fused-ring (bicyclic) bond motifs is 3. The molecule has 0 spiro atoms. The second-order valence-corrected chi connectivity index (χ2v) is 22.0. The number of ketones is 1. The van der Waals surface area contributed by atoms with Gasteiger partial charge in [-0.15, -0.1) is 0 Å². The smallest absolute Gasteiger partial charge is 0.306 e. The molecule has 3 aliphatic heterocycles. The van der Waals surface area contributed by atoms with Gasteiger partial charge in [0.2, 0.25) is 5.91 Å². The van der Waals surface area contributed by atoms with E-state index in [9.17, 15) is 29.7 Å². The Kier molecular flexibility index (Phi) is 15.5. The molecule has 5 N–H and O–H groups in total. The average molecular weight is 1060 g/mol. The minimum absolute atomic E-state index is 0.0262. The number of aliphatic hydroxyl groups is 2. The van der Waals surface area contributed by atoms with E-state index >= 15 is 0 Å². The van der Waals surface area contributed by atoms with Crippen LogP contribution in [-0.4, -0.2) is 121 Å². The number of carboxylic acids is 1. The van der Waals surface area contributed by atoms with Crippen molar-refractivity contribution < 1.29 is 48.7 Å². The van der Waals surface area contributed by atoms with Crippen molar-refractivity contribution in [1.29, 1.82) is 0 Å². The number of carbonyl (C=O) groups is 3. The molecule has 7 heterocycles. The summed E-state index contributed by atoms with van der Waals surface area (Å²) in [6, 6.07) is 23.9. The van der Waals surface area contributed by atoms with Gasteiger partial charge in [-0.3, -0.25) is 9.59 Å². The van der Waals surface area contributed by atoms with E-state index in [0.717, 1.165) is 64.4 Å². The van der Waals surface area contributed by atoms with Gasteiger partial charge in [0.25, 0.3) is 0 Å². The summed E-state index contributed by atoms with van der Waals surface area (Å²) in [5.74, 6) is 0.867. The lowest BCUT2D eigenvalue weighted by Crippen LogP contribution is -2.48. The number of carbonyl (C=O) groups excluding carboxylic acids is 2. The first-order valence-corrected chi connectivity index (χ1v) is 26.7. The summed E-state index contributed by atoms with van der Waals surface area (Å²) in [5.41, 5.74) is 10.3. The first-order chi connectivity index (χ1) is 36.1. The van der Waals surface area contributed by atoms with Gasteiger partial charge >= 0.3 is 5.97 Å². The second kappa shape index (κ2) is 22.3. The van der Waals surface area contributed by atoms with Gasteiger partial charge in [0.05, 0.1) is 74.7 Å². The third-order valence-electron chi connectivity index (χ3n) is 15.2. The number of aliphatic carboxylic acids is 1. The standard InChI is InChI=1S/C30H34ClN3O5.C28H29ClN2O5/c1-30(2,17-35)29(38)34-13-11-22(12-14-34)39-26-16-25-24(32-26)15-23(31)27(33-25)20-7-3-18(4-8-20)19-5-9-21(10-6-19)28(36)37;1-15(32)10-16-2-4-17(5-3-16)18-6-8-19(9-7-18)26-20(29)11-21-22(31-26)12-25(30-21)36-24-14-35-27-23(33)13-34-28(24)27/h3-5,7-8,15-16,21-22,32,35H,6,9-14,17H2,1-2H3,(H,36,37);4,6-9,11-12,16,23-24,27-28,30,33H,2-3,5,10,13-14H2,1H3/t;16?,23-,24-,27-,28-/m.1/s1. The SMILES string of the molecule is CC(=O)CC1CC=C(c2ccc(-c3nc4cc(O[C@@H]5CO[C@H]6[C@@H]5OC[C@H]6O)[nH]c4cc3Cl)cc2)CC1.CC(C)(CO)C(=O)N1CCC(Oc2cc3nc(-c4ccc(C5=CCC(C(=O)O)CC5)cc4)c(Cl)cc3[nH]2)CC1. The van der Waals surface area contributed by atoms with Gasteiger partial charge in [0.1, 0.15) is 30.2 Å². The number of pyridine rings is 2. The Morgan fingerprint density at radius 3 is 1.77 bits per heavy atom. The van der Waals surface area contributed by atoms with E-state index in [4.69, 9.17) is 52.1 Å². The second-order valence-electron chi connectivity index (χ2n) is 21.2. The predicted octanol–water partition coefficient (Wildman–Crippen LogP) is 10.5. The normalized spacial score (nSPS) is 23.1. The first kappa shape index (κ1) is 52.4. The molecule has 4 aromatic heterocycles. The van der Waals surface area contributed by atoms with Crippen LogP contribution in [0.3, 0.4) is 0 Å². The van der Waals surface area contributed by atoms with Crippen molar-refractivity contribution in [3.05, 3.63) is 106 Å². The van der Waals surface area contributed by atoms with Crippen molar-refractivity contribution in [3.63, 3.8) is 0 Å². The van der Waals surface area contributed by atoms with Crippen molar-refractivity contribution in [2.45, 2.75) is 109 Å². The Bertz CT molecular complexity index is 3140. The molecule has 0 saturated carbocycles. The Morgan fingerprint density at radius 2 is 1.27 bits per heavy atom. The molecule has 3 saturated heterocycles. The number of rotatable bonds is 13. The van der Waals surface area contributed by atoms with Crippen molar-refractivity contribution in [2.24, 2.45) is 17.3 Å². The van der Waals surface area contributed by atoms with Gasteiger partial charge < -0.3 is 53.9 Å². The number of hydrogen-bond donors (Lipinski definition) is 5. The molecule has 2 aromatic carbocycles. The summed E-state index contributed by atoms with van der Waals surface area (Å²) < 4.78 is 23.6. The van der Waals surface area contributed by atoms with E-state index in [-0.39, 0.29) is 55.2 Å². The van der Waals surface area contributed by atoms with Crippen LogP contribution in [0.2, 0.25) is 10.0 Å². The van der Waals surface area contributed by atoms with Crippen LogP contribution in [0.25, 0.3) is 55.7 Å². The summed E-state index contributed by atoms with van der Waals surface area (Å²) in [6.07, 6.45) is 9.83. The van der Waals surface area contributed by atoms with E-state index in [1.54, 1.807) is 25.7 Å². The minimum atomic E-state index is -0.771. The monoisotopic (exact) mass is 1060 g/mol. The number of piperidine rings is 1. The third kappa shape index (κ3) is 11.7. The number of nitrogens with zero attached hydrogens (tertiary/aromatic N) is 3. The van der Waals surface area contributed by atoms with Gasteiger partial charge in [-0.2, -0.15) is 0 Å². The molecule has 5 aliphatic rings. The molecule has 6 atom stereocenters. The number of aliphatic hydroxyl groups excluding tert-OH is 2. The highest BCUT2D eigenvalue weighted by Gasteiger charge is 2.48. The summed E-state index contributed by atoms with van der Waals surface area (Å²) >= 11 is 13.2. The minimum Gasteiger partial charge on any atom is -0.481 e. The molecule has 2 aliphatic carbocycles.